The number of rotatable bonds is 6. The zero-order valence-corrected chi connectivity index (χ0v) is 15.3. The van der Waals surface area contributed by atoms with Gasteiger partial charge in [0.05, 0.1) is 18.8 Å². The molecule has 2 rings (SSSR count). The van der Waals surface area contributed by atoms with Gasteiger partial charge in [-0.15, -0.1) is 5.10 Å². The van der Waals surface area contributed by atoms with Crippen LogP contribution in [0.5, 0.6) is 5.75 Å². The largest absolute Gasteiger partial charge is 0.497 e. The fourth-order valence-corrected chi connectivity index (χ4v) is 2.35. The second-order valence-corrected chi connectivity index (χ2v) is 6.18. The van der Waals surface area contributed by atoms with Crippen molar-refractivity contribution in [2.24, 2.45) is 0 Å². The first-order valence-electron chi connectivity index (χ1n) is 8.06. The Balaban J connectivity index is 2.09. The van der Waals surface area contributed by atoms with Crippen LogP contribution in [0, 0.1) is 13.8 Å². The molecule has 0 saturated carbocycles. The summed E-state index contributed by atoms with van der Waals surface area (Å²) in [6.45, 7) is 4.47. The number of anilines is 1. The lowest BCUT2D eigenvalue weighted by molar-refractivity contribution is 0.244. The number of ether oxygens (including phenoxy) is 1. The molecule has 7 heteroatoms. The molecule has 1 atom stereocenters. The normalized spacial score (nSPS) is 11.9. The van der Waals surface area contributed by atoms with E-state index in [-0.39, 0.29) is 12.1 Å². The lowest BCUT2D eigenvalue weighted by atomic mass is 10.1. The molecule has 1 aromatic carbocycles. The van der Waals surface area contributed by atoms with Crippen LogP contribution in [0.3, 0.4) is 0 Å². The number of carbonyl (C=O) groups excluding carboxylic acids is 1. The fourth-order valence-electron chi connectivity index (χ4n) is 2.35. The highest BCUT2D eigenvalue weighted by Crippen LogP contribution is 2.18. The lowest BCUT2D eigenvalue weighted by Gasteiger charge is -2.23. The number of carbonyl (C=O) groups is 1. The number of amides is 2. The smallest absolute Gasteiger partial charge is 0.320 e. The molecule has 25 heavy (non-hydrogen) atoms. The highest BCUT2D eigenvalue weighted by atomic mass is 16.5. The van der Waals surface area contributed by atoms with Crippen LogP contribution >= 0.6 is 0 Å². The number of hydrogen-bond acceptors (Lipinski definition) is 5. The Hall–Kier alpha value is -2.67. The molecule has 134 valence electrons. The van der Waals surface area contributed by atoms with Crippen LogP contribution in [-0.4, -0.2) is 48.9 Å². The highest BCUT2D eigenvalue weighted by molar-refractivity contribution is 5.88. The molecule has 2 amide bonds. The molecule has 2 aromatic rings. The molecule has 0 bridgehead atoms. The van der Waals surface area contributed by atoms with Crippen LogP contribution in [0.15, 0.2) is 30.3 Å². The van der Waals surface area contributed by atoms with Gasteiger partial charge in [0, 0.05) is 6.54 Å². The third-order valence-corrected chi connectivity index (χ3v) is 3.84. The average Bonchev–Trinajstić information content (AvgIpc) is 2.57. The van der Waals surface area contributed by atoms with E-state index in [1.54, 1.807) is 13.2 Å². The van der Waals surface area contributed by atoms with Crippen molar-refractivity contribution >= 4 is 11.8 Å². The number of methoxy groups -OCH3 is 1. The SMILES string of the molecule is COc1ccc([C@@H](CN(C)C)NC(=O)Nc2cc(C)c(C)nn2)cc1. The Bertz CT molecular complexity index is 716. The Labute approximate surface area is 148 Å². The summed E-state index contributed by atoms with van der Waals surface area (Å²) in [4.78, 5) is 14.4. The van der Waals surface area contributed by atoms with Crippen LogP contribution in [0.2, 0.25) is 0 Å². The van der Waals surface area contributed by atoms with Crippen molar-refractivity contribution in [3.63, 3.8) is 0 Å². The van der Waals surface area contributed by atoms with E-state index in [9.17, 15) is 4.79 Å². The zero-order chi connectivity index (χ0) is 18.4. The maximum Gasteiger partial charge on any atom is 0.320 e. The van der Waals surface area contributed by atoms with E-state index in [2.05, 4.69) is 20.8 Å². The molecule has 7 nitrogen and oxygen atoms in total. The van der Waals surface area contributed by atoms with E-state index in [1.807, 2.05) is 57.1 Å². The number of likely N-dealkylation sites (N-methyl/N-ethyl adjacent to an activating group) is 1. The molecule has 0 unspecified atom stereocenters. The first-order chi connectivity index (χ1) is 11.9. The molecule has 2 N–H and O–H groups in total. The summed E-state index contributed by atoms with van der Waals surface area (Å²) in [5.74, 6) is 1.21. The minimum atomic E-state index is -0.319. The molecule has 0 aliphatic carbocycles. The van der Waals surface area contributed by atoms with E-state index in [0.717, 1.165) is 22.6 Å². The van der Waals surface area contributed by atoms with Crippen molar-refractivity contribution < 1.29 is 9.53 Å². The van der Waals surface area contributed by atoms with Gasteiger partial charge in [-0.25, -0.2) is 4.79 Å². The summed E-state index contributed by atoms with van der Waals surface area (Å²) >= 11 is 0. The summed E-state index contributed by atoms with van der Waals surface area (Å²) in [6.07, 6.45) is 0. The average molecular weight is 343 g/mol. The number of nitrogens with one attached hydrogen (secondary N) is 2. The minimum absolute atomic E-state index is 0.166. The number of aryl methyl sites for hydroxylation is 2. The molecular formula is C18H25N5O2. The minimum Gasteiger partial charge on any atom is -0.497 e. The van der Waals surface area contributed by atoms with Crippen LogP contribution < -0.4 is 15.4 Å². The maximum atomic E-state index is 12.4. The van der Waals surface area contributed by atoms with E-state index in [1.165, 1.54) is 0 Å². The van der Waals surface area contributed by atoms with Crippen molar-refractivity contribution in [3.05, 3.63) is 47.2 Å². The van der Waals surface area contributed by atoms with E-state index in [4.69, 9.17) is 4.74 Å². The second-order valence-electron chi connectivity index (χ2n) is 6.18. The Morgan fingerprint density at radius 1 is 1.20 bits per heavy atom. The number of hydrogen-bond donors (Lipinski definition) is 2. The fraction of sp³-hybridized carbons (Fsp3) is 0.389. The highest BCUT2D eigenvalue weighted by Gasteiger charge is 2.16. The third-order valence-electron chi connectivity index (χ3n) is 3.84. The van der Waals surface area contributed by atoms with Gasteiger partial charge in [-0.3, -0.25) is 5.32 Å². The molecular weight excluding hydrogens is 318 g/mol. The number of urea groups is 1. The Morgan fingerprint density at radius 3 is 2.44 bits per heavy atom. The van der Waals surface area contributed by atoms with Crippen molar-refractivity contribution in [2.75, 3.05) is 33.1 Å². The third kappa shape index (κ3) is 5.42. The maximum absolute atomic E-state index is 12.4. The van der Waals surface area contributed by atoms with Gasteiger partial charge in [-0.05, 0) is 57.3 Å². The molecule has 1 aromatic heterocycles. The van der Waals surface area contributed by atoms with E-state index >= 15 is 0 Å². The van der Waals surface area contributed by atoms with Gasteiger partial charge in [0.25, 0.3) is 0 Å². The van der Waals surface area contributed by atoms with Gasteiger partial charge < -0.3 is 15.0 Å². The van der Waals surface area contributed by atoms with Gasteiger partial charge >= 0.3 is 6.03 Å². The Morgan fingerprint density at radius 2 is 1.88 bits per heavy atom. The quantitative estimate of drug-likeness (QED) is 0.842. The summed E-state index contributed by atoms with van der Waals surface area (Å²) in [5, 5.41) is 13.7. The molecule has 0 aliphatic rings. The molecule has 0 saturated heterocycles. The van der Waals surface area contributed by atoms with Crippen molar-refractivity contribution in [2.45, 2.75) is 19.9 Å². The second kappa shape index (κ2) is 8.43. The molecule has 0 fully saturated rings. The van der Waals surface area contributed by atoms with Crippen molar-refractivity contribution in [1.82, 2.24) is 20.4 Å². The zero-order valence-electron chi connectivity index (χ0n) is 15.3. The molecule has 0 radical (unpaired) electrons. The number of nitrogens with zero attached hydrogens (tertiary/aromatic N) is 3. The standard InChI is InChI=1S/C18H25N5O2/c1-12-10-17(22-21-13(12)2)20-18(24)19-16(11-23(3)4)14-6-8-15(25-5)9-7-14/h6-10,16H,11H2,1-5H3,(H2,19,20,22,24)/t16-/m1/s1. The van der Waals surface area contributed by atoms with Gasteiger partial charge in [0.15, 0.2) is 5.82 Å². The monoisotopic (exact) mass is 343 g/mol. The number of aromatic nitrogens is 2. The van der Waals surface area contributed by atoms with Gasteiger partial charge in [0.2, 0.25) is 0 Å². The van der Waals surface area contributed by atoms with Crippen LogP contribution in [0.25, 0.3) is 0 Å². The molecule has 0 aliphatic heterocycles. The van der Waals surface area contributed by atoms with E-state index in [0.29, 0.717) is 12.4 Å². The van der Waals surface area contributed by atoms with Gasteiger partial charge in [-0.2, -0.15) is 5.10 Å². The van der Waals surface area contributed by atoms with Crippen molar-refractivity contribution in [1.29, 1.82) is 0 Å². The summed E-state index contributed by atoms with van der Waals surface area (Å²) in [6, 6.07) is 8.97. The molecule has 1 heterocycles. The predicted molar refractivity (Wildman–Crippen MR) is 97.9 cm³/mol. The van der Waals surface area contributed by atoms with Crippen molar-refractivity contribution in [3.8, 4) is 5.75 Å². The first kappa shape index (κ1) is 18.7. The summed E-state index contributed by atoms with van der Waals surface area (Å²) < 4.78 is 5.19. The summed E-state index contributed by atoms with van der Waals surface area (Å²) in [7, 11) is 5.55. The van der Waals surface area contributed by atoms with E-state index < -0.39 is 0 Å². The summed E-state index contributed by atoms with van der Waals surface area (Å²) in [5.41, 5.74) is 2.82. The first-order valence-corrected chi connectivity index (χ1v) is 8.06. The lowest BCUT2D eigenvalue weighted by Crippen LogP contribution is -2.38. The molecule has 0 spiro atoms. The van der Waals surface area contributed by atoms with Gasteiger partial charge in [-0.1, -0.05) is 12.1 Å². The van der Waals surface area contributed by atoms with Crippen LogP contribution in [0.1, 0.15) is 22.9 Å². The number of benzene rings is 1. The van der Waals surface area contributed by atoms with Crippen LogP contribution in [0.4, 0.5) is 10.6 Å². The predicted octanol–water partition coefficient (Wildman–Crippen LogP) is 2.53. The Kier molecular flexibility index (Phi) is 6.30. The topological polar surface area (TPSA) is 79.4 Å². The van der Waals surface area contributed by atoms with Gasteiger partial charge in [0.1, 0.15) is 5.75 Å². The van der Waals surface area contributed by atoms with Crippen LogP contribution in [-0.2, 0) is 0 Å².